The van der Waals surface area contributed by atoms with Gasteiger partial charge < -0.3 is 9.47 Å². The van der Waals surface area contributed by atoms with Crippen LogP contribution in [0.1, 0.15) is 121 Å². The van der Waals surface area contributed by atoms with E-state index in [2.05, 4.69) is 6.92 Å². The summed E-state index contributed by atoms with van der Waals surface area (Å²) in [4.78, 5) is 23.7. The molecule has 0 radical (unpaired) electrons. The average molecular weight is 481 g/mol. The fourth-order valence-electron chi connectivity index (χ4n) is 3.79. The number of aryl methyl sites for hydroxylation is 1. The molecule has 0 atom stereocenters. The molecule has 0 unspecified atom stereocenters. The minimum atomic E-state index is -0.149. The monoisotopic (exact) mass is 480 g/mol. The molecule has 4 nitrogen and oxygen atoms in total. The average Bonchev–Trinajstić information content (AvgIpc) is 2.79. The highest BCUT2D eigenvalue weighted by Crippen LogP contribution is 2.17. The van der Waals surface area contributed by atoms with Crippen molar-refractivity contribution in [2.24, 2.45) is 0 Å². The van der Waals surface area contributed by atoms with E-state index in [1.807, 2.05) is 25.1 Å². The number of hydrogen-bond acceptors (Lipinski definition) is 4. The van der Waals surface area contributed by atoms with Crippen LogP contribution in [-0.2, 0) is 25.7 Å². The van der Waals surface area contributed by atoms with Gasteiger partial charge in [0.15, 0.2) is 0 Å². The zero-order chi connectivity index (χ0) is 24.2. The first-order valence-corrected chi connectivity index (χ1v) is 13.5. The fourth-order valence-corrected chi connectivity index (χ4v) is 4.02. The lowest BCUT2D eigenvalue weighted by molar-refractivity contribution is -0.145. The highest BCUT2D eigenvalue weighted by Gasteiger charge is 2.06. The van der Waals surface area contributed by atoms with Crippen LogP contribution >= 0.6 is 11.6 Å². The predicted molar refractivity (Wildman–Crippen MR) is 136 cm³/mol. The van der Waals surface area contributed by atoms with Gasteiger partial charge in [0.1, 0.15) is 6.61 Å². The number of unbranched alkanes of at least 4 members (excludes halogenated alkanes) is 12. The van der Waals surface area contributed by atoms with Crippen LogP contribution in [0.5, 0.6) is 0 Å². The first-order valence-electron chi connectivity index (χ1n) is 13.1. The molecule has 0 saturated carbocycles. The van der Waals surface area contributed by atoms with Crippen LogP contribution in [0.3, 0.4) is 0 Å². The lowest BCUT2D eigenvalue weighted by atomic mass is 10.1. The van der Waals surface area contributed by atoms with Gasteiger partial charge in [-0.3, -0.25) is 9.59 Å². The summed E-state index contributed by atoms with van der Waals surface area (Å²) < 4.78 is 10.7. The van der Waals surface area contributed by atoms with E-state index in [4.69, 9.17) is 21.1 Å². The molecule has 0 aliphatic rings. The number of carbonyl (C=O) groups excluding carboxylic acids is 2. The van der Waals surface area contributed by atoms with Crippen molar-refractivity contribution < 1.29 is 19.1 Å². The summed E-state index contributed by atoms with van der Waals surface area (Å²) in [5.41, 5.74) is 2.02. The van der Waals surface area contributed by atoms with E-state index < -0.39 is 0 Å². The molecular weight excluding hydrogens is 436 g/mol. The van der Waals surface area contributed by atoms with Crippen molar-refractivity contribution >= 4 is 23.5 Å². The SMILES string of the molecule is CCCCCCCCCCOC(=O)CCCCCCCCC(=O)OCc1ccc(Cl)cc1C. The Bertz CT molecular complexity index is 659. The van der Waals surface area contributed by atoms with Crippen molar-refractivity contribution in [3.05, 3.63) is 34.3 Å². The van der Waals surface area contributed by atoms with Crippen LogP contribution in [0.15, 0.2) is 18.2 Å². The van der Waals surface area contributed by atoms with Crippen molar-refractivity contribution in [3.63, 3.8) is 0 Å². The molecule has 1 aromatic rings. The molecule has 1 aromatic carbocycles. The number of hydrogen-bond donors (Lipinski definition) is 0. The third-order valence-electron chi connectivity index (χ3n) is 5.97. The summed E-state index contributed by atoms with van der Waals surface area (Å²) in [5, 5.41) is 0.693. The number of esters is 2. The van der Waals surface area contributed by atoms with Crippen LogP contribution in [0.2, 0.25) is 5.02 Å². The summed E-state index contributed by atoms with van der Waals surface area (Å²) in [5.74, 6) is -0.208. The third-order valence-corrected chi connectivity index (χ3v) is 6.20. The maximum absolute atomic E-state index is 11.9. The first kappa shape index (κ1) is 29.5. The number of benzene rings is 1. The van der Waals surface area contributed by atoms with E-state index >= 15 is 0 Å². The summed E-state index contributed by atoms with van der Waals surface area (Å²) >= 11 is 5.94. The standard InChI is InChI=1S/C28H45ClO4/c1-3-4-5-6-7-10-13-16-21-32-27(30)17-14-11-8-9-12-15-18-28(31)33-23-25-19-20-26(29)22-24(25)2/h19-20,22H,3-18,21,23H2,1-2H3. The lowest BCUT2D eigenvalue weighted by Crippen LogP contribution is -2.05. The van der Waals surface area contributed by atoms with Crippen LogP contribution in [0.25, 0.3) is 0 Å². The Labute approximate surface area is 206 Å². The van der Waals surface area contributed by atoms with E-state index in [0.717, 1.165) is 62.5 Å². The molecule has 0 saturated heterocycles. The van der Waals surface area contributed by atoms with Crippen molar-refractivity contribution in [2.75, 3.05) is 6.61 Å². The number of carbonyl (C=O) groups is 2. The quantitative estimate of drug-likeness (QED) is 0.138. The minimum absolute atomic E-state index is 0.0587. The van der Waals surface area contributed by atoms with Gasteiger partial charge in [0.05, 0.1) is 6.61 Å². The molecule has 0 aliphatic heterocycles. The van der Waals surface area contributed by atoms with Gasteiger partial charge in [-0.15, -0.1) is 0 Å². The molecule has 5 heteroatoms. The van der Waals surface area contributed by atoms with Crippen LogP contribution < -0.4 is 0 Å². The molecule has 33 heavy (non-hydrogen) atoms. The second-order valence-electron chi connectivity index (χ2n) is 9.05. The Morgan fingerprint density at radius 1 is 0.727 bits per heavy atom. The summed E-state index contributed by atoms with van der Waals surface area (Å²) in [7, 11) is 0. The molecule has 0 aromatic heterocycles. The zero-order valence-electron chi connectivity index (χ0n) is 21.0. The van der Waals surface area contributed by atoms with Crippen LogP contribution in [-0.4, -0.2) is 18.5 Å². The molecule has 0 aliphatic carbocycles. The molecule has 1 rings (SSSR count). The van der Waals surface area contributed by atoms with Gasteiger partial charge in [0.25, 0.3) is 0 Å². The molecule has 0 spiro atoms. The molecular formula is C28H45ClO4. The van der Waals surface area contributed by atoms with Crippen molar-refractivity contribution in [3.8, 4) is 0 Å². The van der Waals surface area contributed by atoms with Gasteiger partial charge in [-0.2, -0.15) is 0 Å². The molecule has 0 fully saturated rings. The lowest BCUT2D eigenvalue weighted by Gasteiger charge is -2.08. The molecule has 0 heterocycles. The Kier molecular flexibility index (Phi) is 17.8. The maximum atomic E-state index is 11.9. The Morgan fingerprint density at radius 3 is 1.82 bits per heavy atom. The molecule has 0 N–H and O–H groups in total. The number of rotatable bonds is 20. The predicted octanol–water partition coefficient (Wildman–Crippen LogP) is 8.50. The number of halogens is 1. The van der Waals surface area contributed by atoms with E-state index in [1.165, 1.54) is 38.5 Å². The second-order valence-corrected chi connectivity index (χ2v) is 9.48. The maximum Gasteiger partial charge on any atom is 0.306 e. The molecule has 188 valence electrons. The topological polar surface area (TPSA) is 52.6 Å². The van der Waals surface area contributed by atoms with Gasteiger partial charge in [-0.05, 0) is 49.4 Å². The minimum Gasteiger partial charge on any atom is -0.466 e. The van der Waals surface area contributed by atoms with Gasteiger partial charge in [-0.25, -0.2) is 0 Å². The summed E-state index contributed by atoms with van der Waals surface area (Å²) in [6.07, 6.45) is 16.9. The Hall–Kier alpha value is -1.55. The highest BCUT2D eigenvalue weighted by atomic mass is 35.5. The van der Waals surface area contributed by atoms with E-state index in [-0.39, 0.29) is 11.9 Å². The summed E-state index contributed by atoms with van der Waals surface area (Å²) in [6.45, 7) is 5.08. The van der Waals surface area contributed by atoms with Gasteiger partial charge in [-0.1, -0.05) is 95.2 Å². The Morgan fingerprint density at radius 2 is 1.24 bits per heavy atom. The van der Waals surface area contributed by atoms with Gasteiger partial charge in [0.2, 0.25) is 0 Å². The van der Waals surface area contributed by atoms with E-state index in [0.29, 0.717) is 31.1 Å². The zero-order valence-corrected chi connectivity index (χ0v) is 21.7. The van der Waals surface area contributed by atoms with Gasteiger partial charge >= 0.3 is 11.9 Å². The third kappa shape index (κ3) is 16.7. The molecule has 0 bridgehead atoms. The van der Waals surface area contributed by atoms with Crippen molar-refractivity contribution in [1.29, 1.82) is 0 Å². The highest BCUT2D eigenvalue weighted by molar-refractivity contribution is 6.30. The number of ether oxygens (including phenoxy) is 2. The van der Waals surface area contributed by atoms with E-state index in [1.54, 1.807) is 0 Å². The molecule has 0 amide bonds. The van der Waals surface area contributed by atoms with Crippen molar-refractivity contribution in [1.82, 2.24) is 0 Å². The largest absolute Gasteiger partial charge is 0.466 e. The summed E-state index contributed by atoms with van der Waals surface area (Å²) in [6, 6.07) is 5.59. The van der Waals surface area contributed by atoms with Gasteiger partial charge in [0, 0.05) is 17.9 Å². The van der Waals surface area contributed by atoms with E-state index in [9.17, 15) is 9.59 Å². The second kappa shape index (κ2) is 19.9. The first-order chi connectivity index (χ1) is 16.0. The van der Waals surface area contributed by atoms with Crippen molar-refractivity contribution in [2.45, 2.75) is 123 Å². The van der Waals surface area contributed by atoms with Crippen LogP contribution in [0, 0.1) is 6.92 Å². The fraction of sp³-hybridized carbons (Fsp3) is 0.714. The Balaban J connectivity index is 1.87. The van der Waals surface area contributed by atoms with Crippen LogP contribution in [0.4, 0.5) is 0 Å². The normalized spacial score (nSPS) is 10.9. The smallest absolute Gasteiger partial charge is 0.306 e.